The van der Waals surface area contributed by atoms with E-state index in [9.17, 15) is 4.79 Å². The first-order chi connectivity index (χ1) is 19.0. The van der Waals surface area contributed by atoms with Crippen LogP contribution in [0.4, 0.5) is 5.13 Å². The smallest absolute Gasteiger partial charge is 0.253 e. The third-order valence-corrected chi connectivity index (χ3v) is 9.62. The van der Waals surface area contributed by atoms with Gasteiger partial charge in [-0.25, -0.2) is 4.98 Å². The molecule has 3 aliphatic rings. The number of hydrogen-bond acceptors (Lipinski definition) is 7. The van der Waals surface area contributed by atoms with E-state index in [4.69, 9.17) is 19.6 Å². The first-order valence-corrected chi connectivity index (χ1v) is 14.9. The van der Waals surface area contributed by atoms with Gasteiger partial charge in [-0.15, -0.1) is 11.3 Å². The monoisotopic (exact) mass is 547 g/mol. The Bertz CT molecular complexity index is 1320. The highest BCUT2D eigenvalue weighted by atomic mass is 32.1. The molecule has 3 aromatic rings. The molecule has 3 fully saturated rings. The zero-order chi connectivity index (χ0) is 26.9. The Morgan fingerprint density at radius 2 is 1.90 bits per heavy atom. The van der Waals surface area contributed by atoms with Crippen LogP contribution in [0.3, 0.4) is 0 Å². The van der Waals surface area contributed by atoms with Crippen LogP contribution >= 0.6 is 11.3 Å². The van der Waals surface area contributed by atoms with E-state index in [1.165, 1.54) is 18.4 Å². The van der Waals surface area contributed by atoms with Crippen molar-refractivity contribution in [3.05, 3.63) is 64.0 Å². The normalized spacial score (nSPS) is 22.2. The highest BCUT2D eigenvalue weighted by molar-refractivity contribution is 7.14. The number of aromatic nitrogens is 1. The molecule has 2 aromatic carbocycles. The van der Waals surface area contributed by atoms with Gasteiger partial charge in [0.05, 0.1) is 12.3 Å². The van der Waals surface area contributed by atoms with Crippen LogP contribution in [0.15, 0.2) is 41.8 Å². The number of piperidine rings is 1. The molecule has 1 saturated carbocycles. The Labute approximate surface area is 234 Å². The maximum absolute atomic E-state index is 12.6. The van der Waals surface area contributed by atoms with Crippen molar-refractivity contribution in [3.8, 4) is 17.0 Å². The van der Waals surface area contributed by atoms with E-state index in [1.54, 1.807) is 11.3 Å². The second-order valence-electron chi connectivity index (χ2n) is 11.3. The average molecular weight is 548 g/mol. The number of benzene rings is 2. The number of likely N-dealkylation sites (tertiary alicyclic amines) is 1. The SMILES string of the molecule is Cc1ccc(OCc2ccc(C(=O)N3CCC3)cc2C)c(-c2csc(N3C[C@H]4CC[C@@H](C3)C4COCO)n2)c1. The van der Waals surface area contributed by atoms with Crippen molar-refractivity contribution in [2.24, 2.45) is 17.8 Å². The van der Waals surface area contributed by atoms with Crippen LogP contribution in [0.2, 0.25) is 0 Å². The maximum atomic E-state index is 12.6. The van der Waals surface area contributed by atoms with Crippen molar-refractivity contribution >= 4 is 22.4 Å². The van der Waals surface area contributed by atoms with Gasteiger partial charge >= 0.3 is 0 Å². The first-order valence-electron chi connectivity index (χ1n) is 14.0. The highest BCUT2D eigenvalue weighted by Gasteiger charge is 2.42. The lowest BCUT2D eigenvalue weighted by molar-refractivity contribution is -0.0315. The number of aliphatic hydroxyl groups is 1. The molecule has 1 aromatic heterocycles. The van der Waals surface area contributed by atoms with Gasteiger partial charge in [0.15, 0.2) is 5.13 Å². The van der Waals surface area contributed by atoms with Gasteiger partial charge < -0.3 is 24.4 Å². The average Bonchev–Trinajstić information content (AvgIpc) is 3.48. The minimum absolute atomic E-state index is 0.118. The summed E-state index contributed by atoms with van der Waals surface area (Å²) in [5.41, 5.74) is 6.01. The predicted molar refractivity (Wildman–Crippen MR) is 153 cm³/mol. The molecule has 39 heavy (non-hydrogen) atoms. The summed E-state index contributed by atoms with van der Waals surface area (Å²) in [6.07, 6.45) is 3.54. The third-order valence-electron chi connectivity index (χ3n) is 8.72. The molecule has 1 aliphatic carbocycles. The zero-order valence-electron chi connectivity index (χ0n) is 22.8. The standard InChI is InChI=1S/C31H37N3O4S/c1-20-4-9-29(38-16-25-8-5-22(13-21(25)2)30(36)33-10-3-11-33)26(12-20)28-18-39-31(32-28)34-14-23-6-7-24(15-34)27(23)17-37-19-35/h4-5,8-9,12-13,18,23-24,27,35H,3,6-7,10-11,14-17,19H2,1-2H3/t23-,24+,27?. The van der Waals surface area contributed by atoms with Crippen molar-refractivity contribution in [2.45, 2.75) is 39.7 Å². The van der Waals surface area contributed by atoms with Gasteiger partial charge in [-0.1, -0.05) is 17.7 Å². The molecule has 2 bridgehead atoms. The Balaban J connectivity index is 1.15. The predicted octanol–water partition coefficient (Wildman–Crippen LogP) is 5.28. The minimum atomic E-state index is -0.195. The molecule has 2 aliphatic heterocycles. The summed E-state index contributed by atoms with van der Waals surface area (Å²) < 4.78 is 11.7. The van der Waals surface area contributed by atoms with Gasteiger partial charge in [0.1, 0.15) is 19.1 Å². The van der Waals surface area contributed by atoms with Crippen molar-refractivity contribution in [1.82, 2.24) is 9.88 Å². The lowest BCUT2D eigenvalue weighted by Gasteiger charge is -2.37. The Hall–Kier alpha value is -2.94. The van der Waals surface area contributed by atoms with Gasteiger partial charge in [-0.3, -0.25) is 4.79 Å². The number of fused-ring (bicyclic) bond motifs is 2. The molecule has 0 spiro atoms. The number of nitrogens with zero attached hydrogens (tertiary/aromatic N) is 3. The van der Waals surface area contributed by atoms with E-state index in [0.717, 1.165) is 71.4 Å². The topological polar surface area (TPSA) is 75.1 Å². The number of hydrogen-bond donors (Lipinski definition) is 1. The van der Waals surface area contributed by atoms with Crippen molar-refractivity contribution in [1.29, 1.82) is 0 Å². The molecule has 206 valence electrons. The lowest BCUT2D eigenvalue weighted by atomic mass is 9.86. The van der Waals surface area contributed by atoms with Gasteiger partial charge in [0, 0.05) is 42.7 Å². The molecule has 1 amide bonds. The molecule has 6 rings (SSSR count). The van der Waals surface area contributed by atoms with Crippen molar-refractivity contribution in [3.63, 3.8) is 0 Å². The Morgan fingerprint density at radius 1 is 1.10 bits per heavy atom. The molecule has 7 nitrogen and oxygen atoms in total. The molecular formula is C31H37N3O4S. The van der Waals surface area contributed by atoms with E-state index in [0.29, 0.717) is 31.0 Å². The van der Waals surface area contributed by atoms with E-state index < -0.39 is 0 Å². The second-order valence-corrected chi connectivity index (χ2v) is 12.1. The van der Waals surface area contributed by atoms with Crippen LogP contribution in [0, 0.1) is 31.6 Å². The first kappa shape index (κ1) is 26.3. The fourth-order valence-corrected chi connectivity index (χ4v) is 7.15. The molecule has 3 heterocycles. The minimum Gasteiger partial charge on any atom is -0.488 e. The number of anilines is 1. The van der Waals surface area contributed by atoms with Gasteiger partial charge in [0.25, 0.3) is 5.91 Å². The van der Waals surface area contributed by atoms with E-state index in [-0.39, 0.29) is 12.7 Å². The molecule has 0 radical (unpaired) electrons. The number of aryl methyl sites for hydroxylation is 2. The van der Waals surface area contributed by atoms with Crippen LogP contribution in [-0.2, 0) is 11.3 Å². The van der Waals surface area contributed by atoms with Crippen LogP contribution in [0.1, 0.15) is 46.3 Å². The third kappa shape index (κ3) is 5.42. The number of thiazole rings is 1. The molecule has 2 saturated heterocycles. The Kier molecular flexibility index (Phi) is 7.60. The number of ether oxygens (including phenoxy) is 2. The van der Waals surface area contributed by atoms with E-state index in [1.807, 2.05) is 36.1 Å². The number of carbonyl (C=O) groups excluding carboxylic acids is 1. The van der Waals surface area contributed by atoms with E-state index >= 15 is 0 Å². The van der Waals surface area contributed by atoms with Crippen LogP contribution in [0.5, 0.6) is 5.75 Å². The molecular weight excluding hydrogens is 510 g/mol. The summed E-state index contributed by atoms with van der Waals surface area (Å²) in [5.74, 6) is 2.66. The van der Waals surface area contributed by atoms with Gasteiger partial charge in [-0.05, 0) is 86.3 Å². The second kappa shape index (κ2) is 11.3. The summed E-state index contributed by atoms with van der Waals surface area (Å²) >= 11 is 1.70. The van der Waals surface area contributed by atoms with E-state index in [2.05, 4.69) is 29.3 Å². The molecule has 1 unspecified atom stereocenters. The van der Waals surface area contributed by atoms with Crippen LogP contribution in [0.25, 0.3) is 11.3 Å². The number of amides is 1. The highest BCUT2D eigenvalue weighted by Crippen LogP contribution is 2.44. The maximum Gasteiger partial charge on any atom is 0.253 e. The summed E-state index contributed by atoms with van der Waals surface area (Å²) in [6.45, 7) is 8.74. The number of rotatable bonds is 9. The fourth-order valence-electron chi connectivity index (χ4n) is 6.30. The van der Waals surface area contributed by atoms with Crippen LogP contribution < -0.4 is 9.64 Å². The molecule has 3 atom stereocenters. The summed E-state index contributed by atoms with van der Waals surface area (Å²) in [4.78, 5) is 22.0. The Morgan fingerprint density at radius 3 is 2.59 bits per heavy atom. The number of aliphatic hydroxyl groups excluding tert-OH is 1. The quantitative estimate of drug-likeness (QED) is 0.368. The lowest BCUT2D eigenvalue weighted by Crippen LogP contribution is -2.43. The van der Waals surface area contributed by atoms with Gasteiger partial charge in [0.2, 0.25) is 0 Å². The molecule has 1 N–H and O–H groups in total. The van der Waals surface area contributed by atoms with Crippen molar-refractivity contribution < 1.29 is 19.4 Å². The summed E-state index contributed by atoms with van der Waals surface area (Å²) in [7, 11) is 0. The molecule has 8 heteroatoms. The summed E-state index contributed by atoms with van der Waals surface area (Å²) in [6, 6.07) is 12.2. The number of carbonyl (C=O) groups is 1. The largest absolute Gasteiger partial charge is 0.488 e. The zero-order valence-corrected chi connectivity index (χ0v) is 23.6. The van der Waals surface area contributed by atoms with Crippen molar-refractivity contribution in [2.75, 3.05) is 44.5 Å². The van der Waals surface area contributed by atoms with Crippen LogP contribution in [-0.4, -0.2) is 60.5 Å². The van der Waals surface area contributed by atoms with Gasteiger partial charge in [-0.2, -0.15) is 0 Å². The fraction of sp³-hybridized carbons (Fsp3) is 0.484. The summed E-state index contributed by atoms with van der Waals surface area (Å²) in [5, 5.41) is 12.3.